The van der Waals surface area contributed by atoms with Crippen LogP contribution in [0.25, 0.3) is 0 Å². The highest BCUT2D eigenvalue weighted by Gasteiger charge is 2.40. The Morgan fingerprint density at radius 2 is 2.00 bits per heavy atom. The summed E-state index contributed by atoms with van der Waals surface area (Å²) in [6.45, 7) is -0.385. The molecule has 1 saturated carbocycles. The minimum Gasteiger partial charge on any atom is -0.380 e. The third kappa shape index (κ3) is 5.88. The van der Waals surface area contributed by atoms with Gasteiger partial charge in [-0.15, -0.1) is 0 Å². The highest BCUT2D eigenvalue weighted by Crippen LogP contribution is 2.30. The molecule has 0 aliphatic heterocycles. The predicted octanol–water partition coefficient (Wildman–Crippen LogP) is 0.905. The van der Waals surface area contributed by atoms with Gasteiger partial charge in [-0.1, -0.05) is 0 Å². The van der Waals surface area contributed by atoms with Gasteiger partial charge in [-0.2, -0.15) is 13.2 Å². The van der Waals surface area contributed by atoms with Crippen molar-refractivity contribution in [3.8, 4) is 0 Å². The van der Waals surface area contributed by atoms with Gasteiger partial charge in [0.1, 0.15) is 6.54 Å². The highest BCUT2D eigenvalue weighted by molar-refractivity contribution is 5.77. The van der Waals surface area contributed by atoms with E-state index < -0.39 is 18.6 Å². The largest absolute Gasteiger partial charge is 0.406 e. The van der Waals surface area contributed by atoms with E-state index in [0.717, 1.165) is 4.90 Å². The predicted molar refractivity (Wildman–Crippen MR) is 55.3 cm³/mol. The molecule has 1 rings (SSSR count). The molecular formula is C10H17F3N2O2. The standard InChI is InChI=1S/C10H17F3N2O2/c11-10(12,13)7-15(8-1-2-8)9(16)3-5-17-6-4-14/h8H,1-7,14H2. The zero-order chi connectivity index (χ0) is 12.9. The molecule has 17 heavy (non-hydrogen) atoms. The van der Waals surface area contributed by atoms with Crippen LogP contribution in [-0.2, 0) is 9.53 Å². The van der Waals surface area contributed by atoms with Crippen LogP contribution >= 0.6 is 0 Å². The normalized spacial score (nSPS) is 16.0. The molecule has 0 aromatic rings. The zero-order valence-corrected chi connectivity index (χ0v) is 9.50. The van der Waals surface area contributed by atoms with Crippen LogP contribution in [-0.4, -0.2) is 49.3 Å². The summed E-state index contributed by atoms with van der Waals surface area (Å²) in [6.07, 6.45) is -3.04. The summed E-state index contributed by atoms with van der Waals surface area (Å²) in [5.41, 5.74) is 5.18. The number of nitrogens with two attached hydrogens (primary N) is 1. The first-order valence-electron chi connectivity index (χ1n) is 5.58. The molecular weight excluding hydrogens is 237 g/mol. The van der Waals surface area contributed by atoms with Crippen LogP contribution < -0.4 is 5.73 Å². The number of carbonyl (C=O) groups is 1. The molecule has 0 bridgehead atoms. The lowest BCUT2D eigenvalue weighted by Crippen LogP contribution is -2.40. The van der Waals surface area contributed by atoms with Gasteiger partial charge in [0.2, 0.25) is 5.91 Å². The van der Waals surface area contributed by atoms with Gasteiger partial charge in [0.15, 0.2) is 0 Å². The highest BCUT2D eigenvalue weighted by atomic mass is 19.4. The van der Waals surface area contributed by atoms with Gasteiger partial charge in [0, 0.05) is 12.6 Å². The topological polar surface area (TPSA) is 55.6 Å². The lowest BCUT2D eigenvalue weighted by molar-refractivity contribution is -0.163. The van der Waals surface area contributed by atoms with Crippen LogP contribution in [0.2, 0.25) is 0 Å². The van der Waals surface area contributed by atoms with E-state index in [1.165, 1.54) is 0 Å². The van der Waals surface area contributed by atoms with Crippen molar-refractivity contribution in [2.45, 2.75) is 31.5 Å². The molecule has 1 fully saturated rings. The lowest BCUT2D eigenvalue weighted by Gasteiger charge is -2.23. The van der Waals surface area contributed by atoms with E-state index in [4.69, 9.17) is 10.5 Å². The molecule has 0 aromatic carbocycles. The van der Waals surface area contributed by atoms with Crippen molar-refractivity contribution in [3.63, 3.8) is 0 Å². The number of ether oxygens (including phenoxy) is 1. The molecule has 4 nitrogen and oxygen atoms in total. The van der Waals surface area contributed by atoms with E-state index in [2.05, 4.69) is 0 Å². The van der Waals surface area contributed by atoms with Crippen LogP contribution in [0.1, 0.15) is 19.3 Å². The first kappa shape index (κ1) is 14.2. The maximum absolute atomic E-state index is 12.3. The summed E-state index contributed by atoms with van der Waals surface area (Å²) in [7, 11) is 0. The van der Waals surface area contributed by atoms with Gasteiger partial charge >= 0.3 is 6.18 Å². The maximum atomic E-state index is 12.3. The van der Waals surface area contributed by atoms with Crippen molar-refractivity contribution in [3.05, 3.63) is 0 Å². The average Bonchev–Trinajstić information content (AvgIpc) is 3.03. The minimum absolute atomic E-state index is 0.0212. The molecule has 0 heterocycles. The van der Waals surface area contributed by atoms with Crippen molar-refractivity contribution < 1.29 is 22.7 Å². The number of hydrogen-bond donors (Lipinski definition) is 1. The Hall–Kier alpha value is -0.820. The summed E-state index contributed by atoms with van der Waals surface area (Å²) in [6, 6.07) is -0.237. The van der Waals surface area contributed by atoms with Crippen molar-refractivity contribution in [1.82, 2.24) is 4.90 Å². The second-order valence-electron chi connectivity index (χ2n) is 4.02. The zero-order valence-electron chi connectivity index (χ0n) is 9.50. The molecule has 0 radical (unpaired) electrons. The van der Waals surface area contributed by atoms with Crippen LogP contribution in [0.3, 0.4) is 0 Å². The Labute approximate surface area is 97.9 Å². The SMILES string of the molecule is NCCOCCC(=O)N(CC(F)(F)F)C1CC1. The third-order valence-corrected chi connectivity index (χ3v) is 2.38. The summed E-state index contributed by atoms with van der Waals surface area (Å²) >= 11 is 0. The molecule has 0 spiro atoms. The molecule has 1 aliphatic carbocycles. The van der Waals surface area contributed by atoms with Crippen LogP contribution in [0.15, 0.2) is 0 Å². The van der Waals surface area contributed by atoms with Crippen molar-refractivity contribution in [2.24, 2.45) is 5.73 Å². The van der Waals surface area contributed by atoms with Gasteiger partial charge in [0.25, 0.3) is 0 Å². The Morgan fingerprint density at radius 3 is 2.47 bits per heavy atom. The van der Waals surface area contributed by atoms with Crippen LogP contribution in [0.5, 0.6) is 0 Å². The van der Waals surface area contributed by atoms with Crippen molar-refractivity contribution in [2.75, 3.05) is 26.3 Å². The second-order valence-corrected chi connectivity index (χ2v) is 4.02. The molecule has 0 saturated heterocycles. The number of hydrogen-bond acceptors (Lipinski definition) is 3. The number of nitrogens with zero attached hydrogens (tertiary/aromatic N) is 1. The molecule has 0 aromatic heterocycles. The smallest absolute Gasteiger partial charge is 0.380 e. The lowest BCUT2D eigenvalue weighted by atomic mass is 10.3. The maximum Gasteiger partial charge on any atom is 0.406 e. The van der Waals surface area contributed by atoms with Crippen molar-refractivity contribution in [1.29, 1.82) is 0 Å². The number of alkyl halides is 3. The fourth-order valence-corrected chi connectivity index (χ4v) is 1.49. The Bertz CT molecular complexity index is 254. The fraction of sp³-hybridized carbons (Fsp3) is 0.900. The quantitative estimate of drug-likeness (QED) is 0.687. The molecule has 1 aliphatic rings. The summed E-state index contributed by atoms with van der Waals surface area (Å²) in [4.78, 5) is 12.5. The number of carbonyl (C=O) groups excluding carboxylic acids is 1. The molecule has 0 unspecified atom stereocenters. The monoisotopic (exact) mass is 254 g/mol. The minimum atomic E-state index is -4.34. The van der Waals surface area contributed by atoms with Crippen LogP contribution in [0, 0.1) is 0 Å². The molecule has 1 amide bonds. The number of halogens is 3. The van der Waals surface area contributed by atoms with Gasteiger partial charge < -0.3 is 15.4 Å². The van der Waals surface area contributed by atoms with Gasteiger partial charge in [-0.05, 0) is 12.8 Å². The summed E-state index contributed by atoms with van der Waals surface area (Å²) < 4.78 is 41.7. The number of rotatable bonds is 7. The first-order valence-corrected chi connectivity index (χ1v) is 5.58. The first-order chi connectivity index (χ1) is 7.94. The molecule has 100 valence electrons. The van der Waals surface area contributed by atoms with Gasteiger partial charge in [0.05, 0.1) is 19.6 Å². The second kappa shape index (κ2) is 6.20. The molecule has 2 N–H and O–H groups in total. The Morgan fingerprint density at radius 1 is 1.35 bits per heavy atom. The fourth-order valence-electron chi connectivity index (χ4n) is 1.49. The molecule has 0 atom stereocenters. The number of amides is 1. The van der Waals surface area contributed by atoms with E-state index in [1.54, 1.807) is 0 Å². The van der Waals surface area contributed by atoms with E-state index in [-0.39, 0.29) is 19.1 Å². The Kier molecular flexibility index (Phi) is 5.20. The van der Waals surface area contributed by atoms with E-state index in [9.17, 15) is 18.0 Å². The average molecular weight is 254 g/mol. The van der Waals surface area contributed by atoms with E-state index in [1.807, 2.05) is 0 Å². The van der Waals surface area contributed by atoms with Crippen LogP contribution in [0.4, 0.5) is 13.2 Å². The van der Waals surface area contributed by atoms with Crippen molar-refractivity contribution >= 4 is 5.91 Å². The Balaban J connectivity index is 2.33. The third-order valence-electron chi connectivity index (χ3n) is 2.38. The van der Waals surface area contributed by atoms with Gasteiger partial charge in [-0.25, -0.2) is 0 Å². The summed E-state index contributed by atoms with van der Waals surface area (Å²) in [5.74, 6) is -0.498. The van der Waals surface area contributed by atoms with Gasteiger partial charge in [-0.3, -0.25) is 4.79 Å². The van der Waals surface area contributed by atoms with E-state index >= 15 is 0 Å². The summed E-state index contributed by atoms with van der Waals surface area (Å²) in [5, 5.41) is 0. The molecule has 7 heteroatoms. The van der Waals surface area contributed by atoms with E-state index in [0.29, 0.717) is 26.0 Å².